The molecule has 4 atom stereocenters. The van der Waals surface area contributed by atoms with E-state index in [9.17, 15) is 4.79 Å². The minimum Gasteiger partial charge on any atom is -0.374 e. The molecule has 1 aromatic carbocycles. The SMILES string of the molecule is O=C(Nc1ccccc1CCc1ccccn1)N1C[C@@H]2[C@H](C1)[C@H]1CC[C@@H]2O1. The third-order valence-corrected chi connectivity index (χ3v) is 6.38. The summed E-state index contributed by atoms with van der Waals surface area (Å²) in [5, 5.41) is 3.15. The van der Waals surface area contributed by atoms with Crippen molar-refractivity contribution >= 4 is 11.7 Å². The van der Waals surface area contributed by atoms with Crippen LogP contribution in [-0.4, -0.2) is 41.2 Å². The minimum atomic E-state index is 0.0223. The number of nitrogens with one attached hydrogen (secondary N) is 1. The summed E-state index contributed by atoms with van der Waals surface area (Å²) in [4.78, 5) is 19.2. The number of aryl methyl sites for hydroxylation is 2. The summed E-state index contributed by atoms with van der Waals surface area (Å²) in [6.07, 6.45) is 6.63. The number of aromatic nitrogens is 1. The number of nitrogens with zero attached hydrogens (tertiary/aromatic N) is 2. The summed E-state index contributed by atoms with van der Waals surface area (Å²) in [6, 6.07) is 14.1. The lowest BCUT2D eigenvalue weighted by atomic mass is 9.82. The zero-order chi connectivity index (χ0) is 18.2. The van der Waals surface area contributed by atoms with Gasteiger partial charge in [0.1, 0.15) is 0 Å². The van der Waals surface area contributed by atoms with Crippen LogP contribution in [0, 0.1) is 11.8 Å². The molecule has 3 saturated heterocycles. The molecule has 5 heteroatoms. The molecule has 0 unspecified atom stereocenters. The molecule has 2 amide bonds. The van der Waals surface area contributed by atoms with E-state index in [-0.39, 0.29) is 6.03 Å². The lowest BCUT2D eigenvalue weighted by molar-refractivity contribution is 0.0747. The van der Waals surface area contributed by atoms with E-state index in [1.165, 1.54) is 0 Å². The van der Waals surface area contributed by atoms with Crippen molar-refractivity contribution in [2.75, 3.05) is 18.4 Å². The van der Waals surface area contributed by atoms with E-state index in [2.05, 4.69) is 16.4 Å². The van der Waals surface area contributed by atoms with Gasteiger partial charge in [-0.1, -0.05) is 24.3 Å². The van der Waals surface area contributed by atoms with Crippen LogP contribution in [0.25, 0.3) is 0 Å². The number of carbonyl (C=O) groups excluding carboxylic acids is 1. The first-order chi connectivity index (χ1) is 13.3. The zero-order valence-corrected chi connectivity index (χ0v) is 15.4. The van der Waals surface area contributed by atoms with Gasteiger partial charge < -0.3 is 15.0 Å². The normalized spacial score (nSPS) is 28.4. The van der Waals surface area contributed by atoms with Crippen molar-refractivity contribution in [1.82, 2.24) is 9.88 Å². The van der Waals surface area contributed by atoms with Gasteiger partial charge in [0.05, 0.1) is 12.2 Å². The Kier molecular flexibility index (Phi) is 4.32. The Labute approximate surface area is 159 Å². The van der Waals surface area contributed by atoms with Crippen LogP contribution in [0.15, 0.2) is 48.7 Å². The molecule has 0 saturated carbocycles. The third kappa shape index (κ3) is 3.21. The van der Waals surface area contributed by atoms with Gasteiger partial charge in [0.15, 0.2) is 0 Å². The molecule has 2 aromatic rings. The molecule has 0 aliphatic carbocycles. The summed E-state index contributed by atoms with van der Waals surface area (Å²) in [5.74, 6) is 1.07. The first-order valence-corrected chi connectivity index (χ1v) is 9.97. The lowest BCUT2D eigenvalue weighted by Gasteiger charge is -2.20. The van der Waals surface area contributed by atoms with Gasteiger partial charge >= 0.3 is 6.03 Å². The van der Waals surface area contributed by atoms with E-state index in [1.807, 2.05) is 47.5 Å². The van der Waals surface area contributed by atoms with Crippen molar-refractivity contribution in [3.8, 4) is 0 Å². The Morgan fingerprint density at radius 3 is 2.52 bits per heavy atom. The highest BCUT2D eigenvalue weighted by Gasteiger charge is 2.53. The molecule has 4 heterocycles. The van der Waals surface area contributed by atoms with E-state index < -0.39 is 0 Å². The number of ether oxygens (including phenoxy) is 1. The molecular formula is C22H25N3O2. The molecule has 27 heavy (non-hydrogen) atoms. The maximum Gasteiger partial charge on any atom is 0.321 e. The van der Waals surface area contributed by atoms with Gasteiger partial charge in [-0.25, -0.2) is 4.79 Å². The number of likely N-dealkylation sites (tertiary alicyclic amines) is 1. The van der Waals surface area contributed by atoms with Crippen molar-refractivity contribution in [2.45, 2.75) is 37.9 Å². The predicted octanol–water partition coefficient (Wildman–Crippen LogP) is 3.51. The highest BCUT2D eigenvalue weighted by Crippen LogP contribution is 2.47. The zero-order valence-electron chi connectivity index (χ0n) is 15.4. The van der Waals surface area contributed by atoms with Crippen molar-refractivity contribution in [1.29, 1.82) is 0 Å². The molecule has 3 fully saturated rings. The van der Waals surface area contributed by atoms with E-state index >= 15 is 0 Å². The molecule has 1 N–H and O–H groups in total. The largest absolute Gasteiger partial charge is 0.374 e. The summed E-state index contributed by atoms with van der Waals surface area (Å²) in [5.41, 5.74) is 3.13. The second kappa shape index (κ2) is 6.97. The number of carbonyl (C=O) groups is 1. The fourth-order valence-corrected chi connectivity index (χ4v) is 4.99. The van der Waals surface area contributed by atoms with Crippen LogP contribution in [0.1, 0.15) is 24.1 Å². The first kappa shape index (κ1) is 16.8. The van der Waals surface area contributed by atoms with Gasteiger partial charge in [0, 0.05) is 42.5 Å². The lowest BCUT2D eigenvalue weighted by Crippen LogP contribution is -2.35. The van der Waals surface area contributed by atoms with E-state index in [0.29, 0.717) is 24.0 Å². The summed E-state index contributed by atoms with van der Waals surface area (Å²) in [7, 11) is 0. The van der Waals surface area contributed by atoms with Crippen LogP contribution < -0.4 is 5.32 Å². The third-order valence-electron chi connectivity index (χ3n) is 6.38. The molecule has 2 bridgehead atoms. The van der Waals surface area contributed by atoms with Gasteiger partial charge in [-0.3, -0.25) is 4.98 Å². The predicted molar refractivity (Wildman–Crippen MR) is 104 cm³/mol. The maximum atomic E-state index is 12.9. The van der Waals surface area contributed by atoms with Crippen LogP contribution in [0.3, 0.4) is 0 Å². The smallest absolute Gasteiger partial charge is 0.321 e. The molecule has 3 aliphatic heterocycles. The summed E-state index contributed by atoms with van der Waals surface area (Å²) in [6.45, 7) is 1.65. The molecule has 1 aromatic heterocycles. The van der Waals surface area contributed by atoms with Crippen molar-refractivity contribution in [3.05, 3.63) is 59.9 Å². The molecule has 5 rings (SSSR count). The van der Waals surface area contributed by atoms with E-state index in [4.69, 9.17) is 4.74 Å². The summed E-state index contributed by atoms with van der Waals surface area (Å²) < 4.78 is 6.01. The molecular weight excluding hydrogens is 338 g/mol. The molecule has 0 spiro atoms. The quantitative estimate of drug-likeness (QED) is 0.904. The van der Waals surface area contributed by atoms with Crippen LogP contribution in [0.4, 0.5) is 10.5 Å². The minimum absolute atomic E-state index is 0.0223. The number of hydrogen-bond acceptors (Lipinski definition) is 3. The number of fused-ring (bicyclic) bond motifs is 5. The van der Waals surface area contributed by atoms with E-state index in [1.54, 1.807) is 0 Å². The summed E-state index contributed by atoms with van der Waals surface area (Å²) >= 11 is 0. The highest BCUT2D eigenvalue weighted by molar-refractivity contribution is 5.90. The molecule has 5 nitrogen and oxygen atoms in total. The average molecular weight is 363 g/mol. The van der Waals surface area contributed by atoms with Crippen LogP contribution in [0.5, 0.6) is 0 Å². The monoisotopic (exact) mass is 363 g/mol. The number of anilines is 1. The number of amides is 2. The van der Waals surface area contributed by atoms with Crippen molar-refractivity contribution in [2.24, 2.45) is 11.8 Å². The Morgan fingerprint density at radius 1 is 1.04 bits per heavy atom. The molecule has 140 valence electrons. The Balaban J connectivity index is 1.24. The van der Waals surface area contributed by atoms with Crippen molar-refractivity contribution < 1.29 is 9.53 Å². The average Bonchev–Trinajstić information content (AvgIpc) is 3.41. The Hall–Kier alpha value is -2.40. The number of pyridine rings is 1. The highest BCUT2D eigenvalue weighted by atomic mass is 16.5. The number of urea groups is 1. The van der Waals surface area contributed by atoms with Gasteiger partial charge in [-0.15, -0.1) is 0 Å². The van der Waals surface area contributed by atoms with Crippen molar-refractivity contribution in [3.63, 3.8) is 0 Å². The van der Waals surface area contributed by atoms with Crippen LogP contribution >= 0.6 is 0 Å². The second-order valence-corrected chi connectivity index (χ2v) is 7.93. The number of para-hydroxylation sites is 1. The number of rotatable bonds is 4. The number of benzene rings is 1. The van der Waals surface area contributed by atoms with Gasteiger partial charge in [-0.05, 0) is 49.4 Å². The van der Waals surface area contributed by atoms with Gasteiger partial charge in [-0.2, -0.15) is 0 Å². The van der Waals surface area contributed by atoms with Crippen LogP contribution in [-0.2, 0) is 17.6 Å². The maximum absolute atomic E-state index is 12.9. The number of hydrogen-bond donors (Lipinski definition) is 1. The topological polar surface area (TPSA) is 54.5 Å². The molecule has 0 radical (unpaired) electrons. The second-order valence-electron chi connectivity index (χ2n) is 7.93. The molecule has 3 aliphatic rings. The van der Waals surface area contributed by atoms with Crippen LogP contribution in [0.2, 0.25) is 0 Å². The first-order valence-electron chi connectivity index (χ1n) is 9.97. The fraction of sp³-hybridized carbons (Fsp3) is 0.455. The Bertz CT molecular complexity index is 807. The van der Waals surface area contributed by atoms with Gasteiger partial charge in [0.2, 0.25) is 0 Å². The standard InChI is InChI=1S/C22H25N3O2/c26-22(25-13-17-18(14-25)21-11-10-20(17)27-21)24-19-7-2-1-5-15(19)8-9-16-6-3-4-12-23-16/h1-7,12,17-18,20-21H,8-11,13-14H2,(H,24,26)/t17-,18+,20+,21-. The van der Waals surface area contributed by atoms with Gasteiger partial charge in [0.25, 0.3) is 0 Å². The fourth-order valence-electron chi connectivity index (χ4n) is 4.99. The Morgan fingerprint density at radius 2 is 1.78 bits per heavy atom. The van der Waals surface area contributed by atoms with E-state index in [0.717, 1.165) is 55.7 Å².